The summed E-state index contributed by atoms with van der Waals surface area (Å²) < 4.78 is 0.726. The van der Waals surface area contributed by atoms with Crippen molar-refractivity contribution in [2.24, 2.45) is 11.3 Å². The van der Waals surface area contributed by atoms with Gasteiger partial charge in [0.25, 0.3) is 5.69 Å². The van der Waals surface area contributed by atoms with Crippen LogP contribution in [0.1, 0.15) is 44.6 Å². The lowest BCUT2D eigenvalue weighted by molar-refractivity contribution is -0.384. The molecule has 1 fully saturated rings. The molecule has 21 heavy (non-hydrogen) atoms. The molecule has 0 unspecified atom stereocenters. The highest BCUT2D eigenvalue weighted by Gasteiger charge is 2.35. The van der Waals surface area contributed by atoms with E-state index >= 15 is 0 Å². The minimum Gasteiger partial charge on any atom is -0.258 e. The Labute approximate surface area is 133 Å². The zero-order valence-corrected chi connectivity index (χ0v) is 13.7. The van der Waals surface area contributed by atoms with Gasteiger partial charge in [-0.2, -0.15) is 5.26 Å². The number of nitro benzene ring substituents is 1. The van der Waals surface area contributed by atoms with Crippen LogP contribution < -0.4 is 0 Å². The third-order valence-electron chi connectivity index (χ3n) is 4.65. The van der Waals surface area contributed by atoms with E-state index in [0.29, 0.717) is 6.42 Å². The molecule has 0 aliphatic heterocycles. The molecule has 0 atom stereocenters. The number of benzene rings is 1. The first-order valence-corrected chi connectivity index (χ1v) is 8.13. The second-order valence-electron chi connectivity index (χ2n) is 5.95. The molecule has 1 aromatic carbocycles. The maximum absolute atomic E-state index is 10.8. The van der Waals surface area contributed by atoms with Crippen molar-refractivity contribution >= 4 is 21.6 Å². The second kappa shape index (κ2) is 6.57. The van der Waals surface area contributed by atoms with Crippen molar-refractivity contribution in [3.8, 4) is 6.07 Å². The zero-order chi connectivity index (χ0) is 15.5. The van der Waals surface area contributed by atoms with Crippen LogP contribution in [0.15, 0.2) is 22.7 Å². The Kier molecular flexibility index (Phi) is 5.00. The van der Waals surface area contributed by atoms with Gasteiger partial charge in [-0.05, 0) is 43.6 Å². The molecule has 1 saturated carbocycles. The van der Waals surface area contributed by atoms with Gasteiger partial charge in [0.2, 0.25) is 0 Å². The molecule has 0 saturated heterocycles. The van der Waals surface area contributed by atoms with E-state index in [1.807, 2.05) is 0 Å². The molecular weight excluding hydrogens is 332 g/mol. The number of nitro groups is 1. The van der Waals surface area contributed by atoms with Gasteiger partial charge in [0, 0.05) is 16.6 Å². The van der Waals surface area contributed by atoms with E-state index in [2.05, 4.69) is 28.9 Å². The molecule has 0 heterocycles. The van der Waals surface area contributed by atoms with Gasteiger partial charge >= 0.3 is 0 Å². The predicted octanol–water partition coefficient (Wildman–Crippen LogP) is 5.01. The largest absolute Gasteiger partial charge is 0.270 e. The Hall–Kier alpha value is -1.41. The van der Waals surface area contributed by atoms with Gasteiger partial charge < -0.3 is 0 Å². The Morgan fingerprint density at radius 1 is 1.48 bits per heavy atom. The molecule has 112 valence electrons. The molecule has 0 amide bonds. The zero-order valence-electron chi connectivity index (χ0n) is 12.1. The van der Waals surface area contributed by atoms with Gasteiger partial charge in [-0.1, -0.05) is 35.3 Å². The molecule has 0 aromatic heterocycles. The van der Waals surface area contributed by atoms with E-state index in [0.717, 1.165) is 41.6 Å². The fourth-order valence-electron chi connectivity index (χ4n) is 3.12. The molecule has 4 nitrogen and oxygen atoms in total. The van der Waals surface area contributed by atoms with E-state index in [-0.39, 0.29) is 11.1 Å². The van der Waals surface area contributed by atoms with Gasteiger partial charge in [0.15, 0.2) is 0 Å². The van der Waals surface area contributed by atoms with Crippen molar-refractivity contribution in [1.29, 1.82) is 5.26 Å². The van der Waals surface area contributed by atoms with E-state index in [1.165, 1.54) is 18.6 Å². The molecule has 5 heteroatoms. The summed E-state index contributed by atoms with van der Waals surface area (Å²) in [6.07, 6.45) is 5.90. The van der Waals surface area contributed by atoms with Crippen molar-refractivity contribution in [2.45, 2.75) is 45.4 Å². The highest BCUT2D eigenvalue weighted by atomic mass is 79.9. The monoisotopic (exact) mass is 350 g/mol. The van der Waals surface area contributed by atoms with Gasteiger partial charge in [-0.15, -0.1) is 0 Å². The lowest BCUT2D eigenvalue weighted by atomic mass is 9.68. The minimum absolute atomic E-state index is 0.0753. The van der Waals surface area contributed by atoms with Crippen molar-refractivity contribution in [3.05, 3.63) is 38.3 Å². The number of hydrogen-bond acceptors (Lipinski definition) is 3. The smallest absolute Gasteiger partial charge is 0.258 e. The van der Waals surface area contributed by atoms with E-state index in [4.69, 9.17) is 0 Å². The molecule has 1 aliphatic rings. The third-order valence-corrected chi connectivity index (χ3v) is 5.39. The van der Waals surface area contributed by atoms with Gasteiger partial charge in [-0.25, -0.2) is 0 Å². The van der Waals surface area contributed by atoms with Crippen LogP contribution in [0.5, 0.6) is 0 Å². The molecule has 0 radical (unpaired) electrons. The molecule has 0 N–H and O–H groups in total. The molecule has 1 aliphatic carbocycles. The van der Waals surface area contributed by atoms with Crippen LogP contribution in [-0.2, 0) is 6.42 Å². The van der Waals surface area contributed by atoms with Crippen molar-refractivity contribution in [2.75, 3.05) is 0 Å². The number of rotatable bonds is 4. The summed E-state index contributed by atoms with van der Waals surface area (Å²) in [5.41, 5.74) is 0.744. The second-order valence-corrected chi connectivity index (χ2v) is 6.81. The summed E-state index contributed by atoms with van der Waals surface area (Å²) in [6.45, 7) is 2.21. The molecule has 2 rings (SSSR count). The van der Waals surface area contributed by atoms with Crippen molar-refractivity contribution in [3.63, 3.8) is 0 Å². The summed E-state index contributed by atoms with van der Waals surface area (Å²) in [4.78, 5) is 10.4. The normalized spacial score (nSPS) is 25.3. The quantitative estimate of drug-likeness (QED) is 0.566. The average molecular weight is 351 g/mol. The average Bonchev–Trinajstić information content (AvgIpc) is 2.50. The van der Waals surface area contributed by atoms with Crippen LogP contribution in [0, 0.1) is 32.8 Å². The molecule has 0 bridgehead atoms. The van der Waals surface area contributed by atoms with Crippen LogP contribution in [0.4, 0.5) is 5.69 Å². The fraction of sp³-hybridized carbons (Fsp3) is 0.562. The highest BCUT2D eigenvalue weighted by molar-refractivity contribution is 9.10. The third kappa shape index (κ3) is 3.62. The van der Waals surface area contributed by atoms with E-state index in [9.17, 15) is 15.4 Å². The van der Waals surface area contributed by atoms with Gasteiger partial charge in [0.1, 0.15) is 0 Å². The van der Waals surface area contributed by atoms with E-state index in [1.54, 1.807) is 6.07 Å². The Bertz CT molecular complexity index is 572. The number of non-ortho nitro benzene ring substituents is 1. The van der Waals surface area contributed by atoms with Gasteiger partial charge in [0.05, 0.1) is 16.4 Å². The molecular formula is C16H19BrN2O2. The van der Waals surface area contributed by atoms with Gasteiger partial charge in [-0.3, -0.25) is 10.1 Å². The molecule has 0 spiro atoms. The summed E-state index contributed by atoms with van der Waals surface area (Å²) in [7, 11) is 0. The summed E-state index contributed by atoms with van der Waals surface area (Å²) in [5.74, 6) is 0.742. The maximum atomic E-state index is 10.8. The lowest BCUT2D eigenvalue weighted by Crippen LogP contribution is -2.28. The first kappa shape index (κ1) is 16.0. The Morgan fingerprint density at radius 2 is 2.14 bits per heavy atom. The topological polar surface area (TPSA) is 66.9 Å². The fourth-order valence-corrected chi connectivity index (χ4v) is 3.63. The predicted molar refractivity (Wildman–Crippen MR) is 84.8 cm³/mol. The van der Waals surface area contributed by atoms with Crippen LogP contribution in [0.3, 0.4) is 0 Å². The number of nitrogens with zero attached hydrogens (tertiary/aromatic N) is 2. The van der Waals surface area contributed by atoms with Crippen molar-refractivity contribution < 1.29 is 4.92 Å². The first-order chi connectivity index (χ1) is 9.99. The Balaban J connectivity index is 2.16. The minimum atomic E-state index is -0.402. The van der Waals surface area contributed by atoms with E-state index < -0.39 is 4.92 Å². The maximum Gasteiger partial charge on any atom is 0.270 e. The number of hydrogen-bond donors (Lipinski definition) is 0. The Morgan fingerprint density at radius 3 is 2.62 bits per heavy atom. The highest BCUT2D eigenvalue weighted by Crippen LogP contribution is 2.43. The molecule has 1 aromatic rings. The first-order valence-electron chi connectivity index (χ1n) is 7.34. The van der Waals surface area contributed by atoms with Crippen LogP contribution in [-0.4, -0.2) is 4.92 Å². The number of nitriles is 1. The summed E-state index contributed by atoms with van der Waals surface area (Å²) in [5, 5.41) is 20.4. The van der Waals surface area contributed by atoms with Crippen LogP contribution >= 0.6 is 15.9 Å². The lowest BCUT2D eigenvalue weighted by Gasteiger charge is -2.35. The standard InChI is InChI=1S/C16H19BrN2O2/c1-2-12-5-7-16(11-18,8-6-12)10-13-3-4-14(19(20)21)9-15(13)17/h3-4,9,12H,2,5-8,10H2,1H3. The summed E-state index contributed by atoms with van der Waals surface area (Å²) in [6, 6.07) is 7.33. The van der Waals surface area contributed by atoms with Crippen molar-refractivity contribution in [1.82, 2.24) is 0 Å². The number of halogens is 1. The van der Waals surface area contributed by atoms with Crippen LogP contribution in [0.2, 0.25) is 0 Å². The van der Waals surface area contributed by atoms with Crippen LogP contribution in [0.25, 0.3) is 0 Å². The summed E-state index contributed by atoms with van der Waals surface area (Å²) >= 11 is 3.41. The SMILES string of the molecule is CCC1CCC(C#N)(Cc2ccc([N+](=O)[O-])cc2Br)CC1.